The summed E-state index contributed by atoms with van der Waals surface area (Å²) in [5.41, 5.74) is 0.969. The molecule has 142 valence electrons. The van der Waals surface area contributed by atoms with E-state index in [1.54, 1.807) is 24.5 Å². The molecule has 2 aromatic rings. The van der Waals surface area contributed by atoms with Gasteiger partial charge in [0.15, 0.2) is 0 Å². The monoisotopic (exact) mass is 379 g/mol. The highest BCUT2D eigenvalue weighted by atomic mass is 32.2. The van der Waals surface area contributed by atoms with Gasteiger partial charge in [0, 0.05) is 13.6 Å². The van der Waals surface area contributed by atoms with Crippen LogP contribution in [0.2, 0.25) is 0 Å². The van der Waals surface area contributed by atoms with Crippen LogP contribution in [-0.2, 0) is 14.8 Å². The molecule has 0 aliphatic carbocycles. The molecule has 1 heterocycles. The van der Waals surface area contributed by atoms with Crippen LogP contribution in [0.1, 0.15) is 17.4 Å². The number of nitrogens with one attached hydrogen (secondary N) is 1. The summed E-state index contributed by atoms with van der Waals surface area (Å²) in [6, 6.07) is 10.0. The first-order chi connectivity index (χ1) is 12.2. The van der Waals surface area contributed by atoms with Gasteiger partial charge in [-0.25, -0.2) is 8.42 Å². The number of carbonyl (C=O) groups excluding carboxylic acids is 1. The van der Waals surface area contributed by atoms with E-state index in [9.17, 15) is 13.2 Å². The Bertz CT molecular complexity index is 815. The van der Waals surface area contributed by atoms with Gasteiger partial charge in [-0.1, -0.05) is 17.7 Å². The molecular weight excluding hydrogens is 354 g/mol. The number of benzene rings is 1. The van der Waals surface area contributed by atoms with Crippen LogP contribution in [0.4, 0.5) is 0 Å². The third-order valence-electron chi connectivity index (χ3n) is 4.08. The van der Waals surface area contributed by atoms with Crippen LogP contribution in [0.3, 0.4) is 0 Å². The maximum Gasteiger partial charge on any atom is 0.243 e. The van der Waals surface area contributed by atoms with Crippen LogP contribution < -0.4 is 5.32 Å². The van der Waals surface area contributed by atoms with Crippen LogP contribution in [0, 0.1) is 6.92 Å². The number of amides is 1. The smallest absolute Gasteiger partial charge is 0.243 e. The second-order valence-corrected chi connectivity index (χ2v) is 8.42. The minimum atomic E-state index is -3.71. The lowest BCUT2D eigenvalue weighted by Gasteiger charge is -2.23. The third-order valence-corrected chi connectivity index (χ3v) is 5.90. The predicted molar refractivity (Wildman–Crippen MR) is 99.1 cm³/mol. The Kier molecular flexibility index (Phi) is 6.57. The lowest BCUT2D eigenvalue weighted by atomic mass is 10.2. The molecule has 7 nitrogen and oxygen atoms in total. The van der Waals surface area contributed by atoms with E-state index >= 15 is 0 Å². The summed E-state index contributed by atoms with van der Waals surface area (Å²) in [7, 11) is 1.45. The van der Waals surface area contributed by atoms with Crippen LogP contribution in [0.15, 0.2) is 52.0 Å². The SMILES string of the molecule is Cc1ccc(S(=O)(=O)N(C)CC(=O)NC[C@H](c2ccco2)N(C)C)cc1. The minimum absolute atomic E-state index is 0.132. The van der Waals surface area contributed by atoms with Crippen molar-refractivity contribution in [2.45, 2.75) is 17.9 Å². The Balaban J connectivity index is 1.97. The van der Waals surface area contributed by atoms with Crippen LogP contribution in [0.25, 0.3) is 0 Å². The number of hydrogen-bond acceptors (Lipinski definition) is 5. The molecule has 0 radical (unpaired) electrons. The molecule has 2 rings (SSSR count). The van der Waals surface area contributed by atoms with Crippen molar-refractivity contribution >= 4 is 15.9 Å². The number of carbonyl (C=O) groups is 1. The molecule has 0 aliphatic rings. The highest BCUT2D eigenvalue weighted by Crippen LogP contribution is 2.18. The fraction of sp³-hybridized carbons (Fsp3) is 0.389. The highest BCUT2D eigenvalue weighted by Gasteiger charge is 2.24. The van der Waals surface area contributed by atoms with E-state index in [4.69, 9.17) is 4.42 Å². The van der Waals surface area contributed by atoms with Gasteiger partial charge in [-0.3, -0.25) is 9.69 Å². The van der Waals surface area contributed by atoms with Gasteiger partial charge in [0.25, 0.3) is 0 Å². The average Bonchev–Trinajstić information content (AvgIpc) is 3.09. The van der Waals surface area contributed by atoms with Gasteiger partial charge in [-0.2, -0.15) is 4.31 Å². The Morgan fingerprint density at radius 3 is 2.35 bits per heavy atom. The zero-order valence-corrected chi connectivity index (χ0v) is 16.3. The van der Waals surface area contributed by atoms with Crippen molar-refractivity contribution in [2.75, 3.05) is 34.2 Å². The standard InChI is InChI=1S/C18H25N3O4S/c1-14-7-9-15(10-8-14)26(23,24)21(4)13-18(22)19-12-16(20(2)3)17-6-5-11-25-17/h5-11,16H,12-13H2,1-4H3,(H,19,22)/t16-/m1/s1. The molecular formula is C18H25N3O4S. The summed E-state index contributed by atoms with van der Waals surface area (Å²) in [5, 5.41) is 2.77. The highest BCUT2D eigenvalue weighted by molar-refractivity contribution is 7.89. The molecule has 0 aliphatic heterocycles. The molecule has 0 unspecified atom stereocenters. The molecule has 26 heavy (non-hydrogen) atoms. The zero-order valence-electron chi connectivity index (χ0n) is 15.5. The van der Waals surface area contributed by atoms with Gasteiger partial charge in [0.1, 0.15) is 5.76 Å². The normalized spacial score (nSPS) is 13.2. The Labute approximate surface area is 154 Å². The van der Waals surface area contributed by atoms with E-state index in [0.29, 0.717) is 6.54 Å². The molecule has 0 spiro atoms. The summed E-state index contributed by atoms with van der Waals surface area (Å²) >= 11 is 0. The van der Waals surface area contributed by atoms with Crippen LogP contribution in [-0.4, -0.2) is 57.8 Å². The third kappa shape index (κ3) is 4.94. The van der Waals surface area contributed by atoms with E-state index in [1.807, 2.05) is 32.0 Å². The minimum Gasteiger partial charge on any atom is -0.468 e. The topological polar surface area (TPSA) is 82.9 Å². The van der Waals surface area contributed by atoms with Crippen LogP contribution >= 0.6 is 0 Å². The summed E-state index contributed by atoms with van der Waals surface area (Å²) in [4.78, 5) is 14.3. The van der Waals surface area contributed by atoms with E-state index in [-0.39, 0.29) is 23.4 Å². The maximum atomic E-state index is 12.5. The summed E-state index contributed by atoms with van der Waals surface area (Å²) in [6.45, 7) is 1.94. The summed E-state index contributed by atoms with van der Waals surface area (Å²) < 4.78 is 31.5. The molecule has 1 atom stereocenters. The number of nitrogens with zero attached hydrogens (tertiary/aromatic N) is 2. The Morgan fingerprint density at radius 1 is 1.15 bits per heavy atom. The molecule has 0 saturated heterocycles. The fourth-order valence-electron chi connectivity index (χ4n) is 2.46. The van der Waals surface area contributed by atoms with E-state index in [1.165, 1.54) is 19.2 Å². The first-order valence-electron chi connectivity index (χ1n) is 8.21. The van der Waals surface area contributed by atoms with Gasteiger partial charge in [0.05, 0.1) is 23.7 Å². The first-order valence-corrected chi connectivity index (χ1v) is 9.65. The Hall–Kier alpha value is -2.16. The van der Waals surface area contributed by atoms with Crippen molar-refractivity contribution in [3.63, 3.8) is 0 Å². The van der Waals surface area contributed by atoms with E-state index < -0.39 is 10.0 Å². The molecule has 1 N–H and O–H groups in total. The van der Waals surface area contributed by atoms with Gasteiger partial charge in [-0.15, -0.1) is 0 Å². The molecule has 0 bridgehead atoms. The summed E-state index contributed by atoms with van der Waals surface area (Å²) in [6.07, 6.45) is 1.58. The number of sulfonamides is 1. The number of likely N-dealkylation sites (N-methyl/N-ethyl adjacent to an activating group) is 2. The van der Waals surface area contributed by atoms with E-state index in [0.717, 1.165) is 15.6 Å². The number of aryl methyl sites for hydroxylation is 1. The van der Waals surface area contributed by atoms with Crippen molar-refractivity contribution in [1.29, 1.82) is 0 Å². The van der Waals surface area contributed by atoms with Crippen LogP contribution in [0.5, 0.6) is 0 Å². The zero-order chi connectivity index (χ0) is 19.3. The Morgan fingerprint density at radius 2 is 1.81 bits per heavy atom. The first kappa shape index (κ1) is 20.2. The largest absolute Gasteiger partial charge is 0.468 e. The molecule has 0 fully saturated rings. The predicted octanol–water partition coefficient (Wildman–Crippen LogP) is 1.63. The van der Waals surface area contributed by atoms with Gasteiger partial charge in [-0.05, 0) is 45.3 Å². The van der Waals surface area contributed by atoms with Crippen molar-refractivity contribution in [3.05, 3.63) is 54.0 Å². The van der Waals surface area contributed by atoms with Crippen molar-refractivity contribution < 1.29 is 17.6 Å². The number of rotatable bonds is 8. The average molecular weight is 379 g/mol. The second kappa shape index (κ2) is 8.48. The van der Waals surface area contributed by atoms with Gasteiger partial charge in [0.2, 0.25) is 15.9 Å². The summed E-state index contributed by atoms with van der Waals surface area (Å²) in [5.74, 6) is 0.359. The van der Waals surface area contributed by atoms with Gasteiger partial charge < -0.3 is 9.73 Å². The van der Waals surface area contributed by atoms with Crippen molar-refractivity contribution in [1.82, 2.24) is 14.5 Å². The van der Waals surface area contributed by atoms with Crippen molar-refractivity contribution in [3.8, 4) is 0 Å². The lowest BCUT2D eigenvalue weighted by Crippen LogP contribution is -2.41. The number of furan rings is 1. The second-order valence-electron chi connectivity index (χ2n) is 6.37. The molecule has 1 amide bonds. The maximum absolute atomic E-state index is 12.5. The van der Waals surface area contributed by atoms with E-state index in [2.05, 4.69) is 5.32 Å². The lowest BCUT2D eigenvalue weighted by molar-refractivity contribution is -0.121. The molecule has 1 aromatic heterocycles. The molecule has 0 saturated carbocycles. The molecule has 1 aromatic carbocycles. The fourth-order valence-corrected chi connectivity index (χ4v) is 3.59. The number of hydrogen-bond donors (Lipinski definition) is 1. The van der Waals surface area contributed by atoms with Crippen molar-refractivity contribution in [2.24, 2.45) is 0 Å². The molecule has 8 heteroatoms. The quantitative estimate of drug-likeness (QED) is 0.754. The van der Waals surface area contributed by atoms with Gasteiger partial charge >= 0.3 is 0 Å².